The zero-order valence-electron chi connectivity index (χ0n) is 18.3. The van der Waals surface area contributed by atoms with Crippen LogP contribution in [0.3, 0.4) is 0 Å². The molecule has 0 radical (unpaired) electrons. The zero-order chi connectivity index (χ0) is 22.0. The summed E-state index contributed by atoms with van der Waals surface area (Å²) in [6.45, 7) is 6.03. The third-order valence-corrected chi connectivity index (χ3v) is 5.59. The first-order valence-corrected chi connectivity index (χ1v) is 10.2. The number of carbonyl (C=O) groups is 1. The Kier molecular flexibility index (Phi) is 7.00. The van der Waals surface area contributed by atoms with Gasteiger partial charge in [-0.05, 0) is 38.5 Å². The highest BCUT2D eigenvalue weighted by Crippen LogP contribution is 2.38. The summed E-state index contributed by atoms with van der Waals surface area (Å²) in [6.07, 6.45) is 3.50. The van der Waals surface area contributed by atoms with Crippen molar-refractivity contribution in [1.29, 1.82) is 0 Å². The van der Waals surface area contributed by atoms with Gasteiger partial charge in [0.05, 0.1) is 30.4 Å². The van der Waals surface area contributed by atoms with Crippen molar-refractivity contribution in [2.45, 2.75) is 38.9 Å². The van der Waals surface area contributed by atoms with Crippen LogP contribution in [-0.2, 0) is 12.1 Å². The normalized spacial score (nSPS) is 14.8. The van der Waals surface area contributed by atoms with Crippen molar-refractivity contribution in [3.05, 3.63) is 77.4 Å². The van der Waals surface area contributed by atoms with Gasteiger partial charge in [-0.2, -0.15) is 13.5 Å². The molecule has 0 aliphatic carbocycles. The Bertz CT molecular complexity index is 1090. The van der Waals surface area contributed by atoms with Gasteiger partial charge in [0.25, 0.3) is 0 Å². The fraction of sp³-hybridized carbons (Fsp3) is 0.304. The van der Waals surface area contributed by atoms with E-state index in [2.05, 4.69) is 25.6 Å². The number of anilines is 2. The number of aliphatic hydroxyl groups excluding tert-OH is 1. The molecule has 3 N–H and O–H groups in total. The van der Waals surface area contributed by atoms with Crippen LogP contribution in [0, 0.1) is 6.92 Å². The van der Waals surface area contributed by atoms with E-state index >= 15 is 0 Å². The standard InChI is InChI=1S/C23H26N6O2.H2S/c1-15-11-17(9-10-24-15)26-21-25-12-18-19(27-21)13-29(23(18,2)3)22(31)28-20(14-30)16-7-5-4-6-8-16;/h4-12,20,30H,13-14H2,1-3H3,(H,28,31)(H,24,25,26,27);1H2/t20-;/m1./s1. The van der Waals surface area contributed by atoms with Gasteiger partial charge < -0.3 is 20.6 Å². The molecule has 1 aliphatic rings. The first-order valence-electron chi connectivity index (χ1n) is 10.2. The van der Waals surface area contributed by atoms with E-state index < -0.39 is 11.6 Å². The Labute approximate surface area is 194 Å². The summed E-state index contributed by atoms with van der Waals surface area (Å²) in [4.78, 5) is 28.1. The Morgan fingerprint density at radius 2 is 1.97 bits per heavy atom. The van der Waals surface area contributed by atoms with Crippen molar-refractivity contribution in [3.8, 4) is 0 Å². The van der Waals surface area contributed by atoms with Gasteiger partial charge in [0.1, 0.15) is 0 Å². The summed E-state index contributed by atoms with van der Waals surface area (Å²) >= 11 is 0. The van der Waals surface area contributed by atoms with Gasteiger partial charge in [0.2, 0.25) is 5.95 Å². The highest BCUT2D eigenvalue weighted by molar-refractivity contribution is 7.59. The summed E-state index contributed by atoms with van der Waals surface area (Å²) in [6, 6.07) is 12.5. The van der Waals surface area contributed by atoms with Crippen molar-refractivity contribution in [3.63, 3.8) is 0 Å². The van der Waals surface area contributed by atoms with Gasteiger partial charge >= 0.3 is 6.03 Å². The van der Waals surface area contributed by atoms with E-state index in [1.54, 1.807) is 17.3 Å². The lowest BCUT2D eigenvalue weighted by Gasteiger charge is -2.33. The molecule has 0 bridgehead atoms. The number of carbonyl (C=O) groups excluding carboxylic acids is 1. The molecule has 0 saturated heterocycles. The van der Waals surface area contributed by atoms with Crippen molar-refractivity contribution in [2.75, 3.05) is 11.9 Å². The number of amides is 2. The summed E-state index contributed by atoms with van der Waals surface area (Å²) in [5.74, 6) is 0.472. The molecule has 0 spiro atoms. The lowest BCUT2D eigenvalue weighted by atomic mass is 9.97. The number of benzene rings is 1. The lowest BCUT2D eigenvalue weighted by Crippen LogP contribution is -2.47. The largest absolute Gasteiger partial charge is 0.394 e. The van der Waals surface area contributed by atoms with Crippen LogP contribution in [0.5, 0.6) is 0 Å². The molecule has 0 unspecified atom stereocenters. The number of urea groups is 1. The molecule has 2 aromatic heterocycles. The number of pyridine rings is 1. The first-order chi connectivity index (χ1) is 14.9. The molecule has 2 amide bonds. The van der Waals surface area contributed by atoms with E-state index in [-0.39, 0.29) is 26.1 Å². The molecule has 1 aliphatic heterocycles. The molecule has 8 nitrogen and oxygen atoms in total. The molecular weight excluding hydrogens is 424 g/mol. The maximum atomic E-state index is 13.1. The van der Waals surface area contributed by atoms with Gasteiger partial charge in [-0.25, -0.2) is 14.8 Å². The average Bonchev–Trinajstić information content (AvgIpc) is 3.02. The van der Waals surface area contributed by atoms with Gasteiger partial charge in [0, 0.05) is 29.3 Å². The van der Waals surface area contributed by atoms with Gasteiger partial charge in [0.15, 0.2) is 0 Å². The number of hydrogen-bond donors (Lipinski definition) is 3. The topological polar surface area (TPSA) is 103 Å². The second-order valence-corrected chi connectivity index (χ2v) is 8.11. The zero-order valence-corrected chi connectivity index (χ0v) is 19.3. The fourth-order valence-electron chi connectivity index (χ4n) is 3.83. The van der Waals surface area contributed by atoms with Gasteiger partial charge in [-0.1, -0.05) is 30.3 Å². The van der Waals surface area contributed by atoms with Crippen LogP contribution in [0.15, 0.2) is 54.9 Å². The van der Waals surface area contributed by atoms with Crippen molar-refractivity contribution >= 4 is 31.2 Å². The predicted octanol–water partition coefficient (Wildman–Crippen LogP) is 3.53. The van der Waals surface area contributed by atoms with E-state index in [0.29, 0.717) is 12.5 Å². The van der Waals surface area contributed by atoms with E-state index in [4.69, 9.17) is 0 Å². The third-order valence-electron chi connectivity index (χ3n) is 5.59. The fourth-order valence-corrected chi connectivity index (χ4v) is 3.83. The smallest absolute Gasteiger partial charge is 0.319 e. The second-order valence-electron chi connectivity index (χ2n) is 8.11. The molecule has 0 saturated carbocycles. The quantitative estimate of drug-likeness (QED) is 0.547. The van der Waals surface area contributed by atoms with Gasteiger partial charge in [-0.15, -0.1) is 0 Å². The predicted molar refractivity (Wildman–Crippen MR) is 128 cm³/mol. The van der Waals surface area contributed by atoms with E-state index in [9.17, 15) is 9.90 Å². The number of aliphatic hydroxyl groups is 1. The van der Waals surface area contributed by atoms with Crippen LogP contribution >= 0.6 is 13.5 Å². The van der Waals surface area contributed by atoms with Crippen LogP contribution in [-0.4, -0.2) is 37.6 Å². The molecule has 3 heterocycles. The maximum Gasteiger partial charge on any atom is 0.319 e. The van der Waals surface area contributed by atoms with Crippen molar-refractivity contribution in [2.24, 2.45) is 0 Å². The van der Waals surface area contributed by atoms with E-state index in [1.165, 1.54) is 0 Å². The van der Waals surface area contributed by atoms with Crippen LogP contribution in [0.2, 0.25) is 0 Å². The molecule has 0 fully saturated rings. The highest BCUT2D eigenvalue weighted by atomic mass is 32.1. The van der Waals surface area contributed by atoms with Crippen LogP contribution in [0.4, 0.5) is 16.4 Å². The average molecular weight is 453 g/mol. The SMILES string of the molecule is Cc1cc(Nc2ncc3c(n2)CN(C(=O)N[C@H](CO)c2ccccc2)C3(C)C)ccn1.S. The van der Waals surface area contributed by atoms with Crippen LogP contribution < -0.4 is 10.6 Å². The monoisotopic (exact) mass is 452 g/mol. The minimum absolute atomic E-state index is 0. The van der Waals surface area contributed by atoms with Gasteiger partial charge in [-0.3, -0.25) is 4.98 Å². The van der Waals surface area contributed by atoms with Crippen molar-refractivity contribution in [1.82, 2.24) is 25.2 Å². The molecule has 3 aromatic rings. The number of hydrogen-bond acceptors (Lipinski definition) is 6. The summed E-state index contributed by atoms with van der Waals surface area (Å²) in [5, 5.41) is 15.9. The number of rotatable bonds is 5. The number of fused-ring (bicyclic) bond motifs is 1. The summed E-state index contributed by atoms with van der Waals surface area (Å²) in [5.41, 5.74) is 3.72. The first kappa shape index (κ1) is 23.5. The van der Waals surface area contributed by atoms with Crippen LogP contribution in [0.1, 0.15) is 42.4 Å². The molecule has 32 heavy (non-hydrogen) atoms. The summed E-state index contributed by atoms with van der Waals surface area (Å²) < 4.78 is 0. The molecular formula is C23H28N6O2S. The Hall–Kier alpha value is -3.17. The highest BCUT2D eigenvalue weighted by Gasteiger charge is 2.42. The third kappa shape index (κ3) is 4.68. The molecule has 1 aromatic carbocycles. The minimum Gasteiger partial charge on any atom is -0.394 e. The minimum atomic E-state index is -0.581. The number of aromatic nitrogens is 3. The Balaban J connectivity index is 0.00000289. The Morgan fingerprint density at radius 1 is 1.22 bits per heavy atom. The molecule has 9 heteroatoms. The maximum absolute atomic E-state index is 13.1. The second kappa shape index (κ2) is 9.54. The number of aryl methyl sites for hydroxylation is 1. The number of nitrogens with one attached hydrogen (secondary N) is 2. The van der Waals surface area contributed by atoms with Crippen molar-refractivity contribution < 1.29 is 9.90 Å². The lowest BCUT2D eigenvalue weighted by molar-refractivity contribution is 0.136. The molecule has 168 valence electrons. The molecule has 1 atom stereocenters. The summed E-state index contributed by atoms with van der Waals surface area (Å²) in [7, 11) is 0. The Morgan fingerprint density at radius 3 is 2.66 bits per heavy atom. The van der Waals surface area contributed by atoms with Crippen LogP contribution in [0.25, 0.3) is 0 Å². The van der Waals surface area contributed by atoms with E-state index in [1.807, 2.05) is 63.2 Å². The molecule has 4 rings (SSSR count). The van der Waals surface area contributed by atoms with E-state index in [0.717, 1.165) is 28.2 Å². The number of nitrogens with zero attached hydrogens (tertiary/aromatic N) is 4.